The van der Waals surface area contributed by atoms with Crippen molar-refractivity contribution in [1.82, 2.24) is 0 Å². The van der Waals surface area contributed by atoms with Crippen molar-refractivity contribution in [2.45, 2.75) is 13.5 Å². The van der Waals surface area contributed by atoms with Crippen LogP contribution in [0.4, 0.5) is 0 Å². The quantitative estimate of drug-likeness (QED) is 0.789. The second-order valence-corrected chi connectivity index (χ2v) is 4.30. The average molecular weight is 281 g/mol. The summed E-state index contributed by atoms with van der Waals surface area (Å²) in [6.45, 7) is 2.42. The van der Waals surface area contributed by atoms with Crippen LogP contribution >= 0.6 is 0 Å². The van der Waals surface area contributed by atoms with Gasteiger partial charge in [-0.15, -0.1) is 0 Å². The molecule has 0 N–H and O–H groups in total. The first-order chi connectivity index (χ1) is 10.2. The molecule has 0 aliphatic carbocycles. The third-order valence-electron chi connectivity index (χ3n) is 2.90. The standard InChI is InChI=1S/C17H15NO3/c1-2-20-17(19)13-7-9-16(10-8-13)21-12-15-6-4-3-5-14(15)11-18/h3-10H,2,12H2,1H3. The van der Waals surface area contributed by atoms with Crippen LogP contribution < -0.4 is 4.74 Å². The summed E-state index contributed by atoms with van der Waals surface area (Å²) < 4.78 is 10.5. The summed E-state index contributed by atoms with van der Waals surface area (Å²) in [7, 11) is 0. The van der Waals surface area contributed by atoms with Crippen LogP contribution in [0.15, 0.2) is 48.5 Å². The Morgan fingerprint density at radius 2 is 1.86 bits per heavy atom. The van der Waals surface area contributed by atoms with Crippen molar-refractivity contribution in [1.29, 1.82) is 5.26 Å². The van der Waals surface area contributed by atoms with E-state index >= 15 is 0 Å². The minimum absolute atomic E-state index is 0.308. The number of benzene rings is 2. The Hall–Kier alpha value is -2.80. The highest BCUT2D eigenvalue weighted by Gasteiger charge is 2.06. The lowest BCUT2D eigenvalue weighted by Gasteiger charge is -2.08. The molecule has 0 bridgehead atoms. The molecule has 0 atom stereocenters. The van der Waals surface area contributed by atoms with Crippen molar-refractivity contribution >= 4 is 5.97 Å². The van der Waals surface area contributed by atoms with Crippen molar-refractivity contribution in [3.63, 3.8) is 0 Å². The molecular weight excluding hydrogens is 266 g/mol. The second kappa shape index (κ2) is 7.11. The lowest BCUT2D eigenvalue weighted by atomic mass is 10.1. The van der Waals surface area contributed by atoms with Gasteiger partial charge in [0.1, 0.15) is 12.4 Å². The van der Waals surface area contributed by atoms with E-state index in [9.17, 15) is 4.79 Å². The first kappa shape index (κ1) is 14.6. The molecule has 0 heterocycles. The number of carbonyl (C=O) groups excluding carboxylic acids is 1. The van der Waals surface area contributed by atoms with Crippen LogP contribution in [0.3, 0.4) is 0 Å². The van der Waals surface area contributed by atoms with Gasteiger partial charge in [-0.05, 0) is 37.3 Å². The van der Waals surface area contributed by atoms with E-state index in [0.29, 0.717) is 30.1 Å². The molecule has 4 heteroatoms. The van der Waals surface area contributed by atoms with E-state index in [1.54, 1.807) is 37.3 Å². The number of hydrogen-bond donors (Lipinski definition) is 0. The number of hydrogen-bond acceptors (Lipinski definition) is 4. The summed E-state index contributed by atoms with van der Waals surface area (Å²) in [5, 5.41) is 9.01. The fourth-order valence-corrected chi connectivity index (χ4v) is 1.82. The first-order valence-electron chi connectivity index (χ1n) is 6.62. The molecule has 2 rings (SSSR count). The highest BCUT2D eigenvalue weighted by Crippen LogP contribution is 2.16. The van der Waals surface area contributed by atoms with Gasteiger partial charge in [0, 0.05) is 5.56 Å². The zero-order valence-electron chi connectivity index (χ0n) is 11.7. The van der Waals surface area contributed by atoms with Crippen molar-refractivity contribution in [3.8, 4) is 11.8 Å². The number of ether oxygens (including phenoxy) is 2. The van der Waals surface area contributed by atoms with Crippen LogP contribution in [0.25, 0.3) is 0 Å². The van der Waals surface area contributed by atoms with Gasteiger partial charge in [-0.25, -0.2) is 4.79 Å². The molecule has 0 fully saturated rings. The van der Waals surface area contributed by atoms with Crippen molar-refractivity contribution in [2.75, 3.05) is 6.61 Å². The van der Waals surface area contributed by atoms with Gasteiger partial charge in [0.15, 0.2) is 0 Å². The maximum atomic E-state index is 11.5. The predicted molar refractivity (Wildman–Crippen MR) is 77.9 cm³/mol. The van der Waals surface area contributed by atoms with E-state index in [0.717, 1.165) is 5.56 Å². The largest absolute Gasteiger partial charge is 0.489 e. The van der Waals surface area contributed by atoms with Gasteiger partial charge in [-0.3, -0.25) is 0 Å². The molecule has 0 unspecified atom stereocenters. The Labute approximate surface area is 123 Å². The Morgan fingerprint density at radius 3 is 2.52 bits per heavy atom. The summed E-state index contributed by atoms with van der Waals surface area (Å²) in [5.41, 5.74) is 1.91. The van der Waals surface area contributed by atoms with Gasteiger partial charge in [0.05, 0.1) is 23.8 Å². The van der Waals surface area contributed by atoms with Crippen LogP contribution in [-0.2, 0) is 11.3 Å². The van der Waals surface area contributed by atoms with E-state index in [4.69, 9.17) is 14.7 Å². The van der Waals surface area contributed by atoms with Gasteiger partial charge in [-0.2, -0.15) is 5.26 Å². The molecule has 0 radical (unpaired) electrons. The predicted octanol–water partition coefficient (Wildman–Crippen LogP) is 3.31. The number of nitriles is 1. The highest BCUT2D eigenvalue weighted by molar-refractivity contribution is 5.89. The van der Waals surface area contributed by atoms with Crippen molar-refractivity contribution in [2.24, 2.45) is 0 Å². The third kappa shape index (κ3) is 3.83. The van der Waals surface area contributed by atoms with E-state index in [1.807, 2.05) is 18.2 Å². The van der Waals surface area contributed by atoms with Gasteiger partial charge in [0.25, 0.3) is 0 Å². The molecular formula is C17H15NO3. The molecule has 0 aromatic heterocycles. The first-order valence-corrected chi connectivity index (χ1v) is 6.62. The van der Waals surface area contributed by atoms with Gasteiger partial charge in [-0.1, -0.05) is 18.2 Å². The maximum absolute atomic E-state index is 11.5. The van der Waals surface area contributed by atoms with E-state index < -0.39 is 0 Å². The van der Waals surface area contributed by atoms with Gasteiger partial charge in [0.2, 0.25) is 0 Å². The summed E-state index contributed by atoms with van der Waals surface area (Å²) in [4.78, 5) is 11.5. The highest BCUT2D eigenvalue weighted by atomic mass is 16.5. The molecule has 21 heavy (non-hydrogen) atoms. The zero-order valence-corrected chi connectivity index (χ0v) is 11.7. The van der Waals surface area contributed by atoms with Crippen LogP contribution in [0.5, 0.6) is 5.75 Å². The topological polar surface area (TPSA) is 59.3 Å². The van der Waals surface area contributed by atoms with E-state index in [-0.39, 0.29) is 5.97 Å². The van der Waals surface area contributed by atoms with E-state index in [1.165, 1.54) is 0 Å². The number of nitrogens with zero attached hydrogens (tertiary/aromatic N) is 1. The fourth-order valence-electron chi connectivity index (χ4n) is 1.82. The minimum Gasteiger partial charge on any atom is -0.489 e. The molecule has 0 aliphatic heterocycles. The number of esters is 1. The molecule has 0 saturated carbocycles. The third-order valence-corrected chi connectivity index (χ3v) is 2.90. The van der Waals surface area contributed by atoms with Crippen LogP contribution in [0, 0.1) is 11.3 Å². The molecule has 2 aromatic rings. The lowest BCUT2D eigenvalue weighted by molar-refractivity contribution is 0.0526. The fraction of sp³-hybridized carbons (Fsp3) is 0.176. The lowest BCUT2D eigenvalue weighted by Crippen LogP contribution is -2.04. The maximum Gasteiger partial charge on any atom is 0.338 e. The minimum atomic E-state index is -0.348. The Balaban J connectivity index is 2.01. The monoisotopic (exact) mass is 281 g/mol. The molecule has 0 aliphatic rings. The van der Waals surface area contributed by atoms with Crippen molar-refractivity contribution in [3.05, 3.63) is 65.2 Å². The van der Waals surface area contributed by atoms with Gasteiger partial charge < -0.3 is 9.47 Å². The molecule has 106 valence electrons. The summed E-state index contributed by atoms with van der Waals surface area (Å²) >= 11 is 0. The Kier molecular flexibility index (Phi) is 4.94. The number of rotatable bonds is 5. The molecule has 2 aromatic carbocycles. The molecule has 0 saturated heterocycles. The molecule has 0 amide bonds. The molecule has 0 spiro atoms. The van der Waals surface area contributed by atoms with Crippen LogP contribution in [0.2, 0.25) is 0 Å². The van der Waals surface area contributed by atoms with Crippen LogP contribution in [-0.4, -0.2) is 12.6 Å². The normalized spacial score (nSPS) is 9.71. The smallest absolute Gasteiger partial charge is 0.338 e. The summed E-state index contributed by atoms with van der Waals surface area (Å²) in [6, 6.07) is 16.1. The Morgan fingerprint density at radius 1 is 1.14 bits per heavy atom. The SMILES string of the molecule is CCOC(=O)c1ccc(OCc2ccccc2C#N)cc1. The van der Waals surface area contributed by atoms with Crippen LogP contribution in [0.1, 0.15) is 28.4 Å². The number of carbonyl (C=O) groups is 1. The average Bonchev–Trinajstić information content (AvgIpc) is 2.54. The molecule has 4 nitrogen and oxygen atoms in total. The Bertz CT molecular complexity index is 656. The van der Waals surface area contributed by atoms with Crippen molar-refractivity contribution < 1.29 is 14.3 Å². The second-order valence-electron chi connectivity index (χ2n) is 4.30. The van der Waals surface area contributed by atoms with E-state index in [2.05, 4.69) is 6.07 Å². The summed E-state index contributed by atoms with van der Waals surface area (Å²) in [5.74, 6) is 0.287. The van der Waals surface area contributed by atoms with Gasteiger partial charge >= 0.3 is 5.97 Å². The zero-order chi connectivity index (χ0) is 15.1. The summed E-state index contributed by atoms with van der Waals surface area (Å²) in [6.07, 6.45) is 0.